The second kappa shape index (κ2) is 7.43. The monoisotopic (exact) mass is 332 g/mol. The van der Waals surface area contributed by atoms with Crippen LogP contribution in [0.1, 0.15) is 55.3 Å². The highest BCUT2D eigenvalue weighted by atomic mass is 19.1. The van der Waals surface area contributed by atoms with Crippen LogP contribution in [-0.4, -0.2) is 23.8 Å². The number of rotatable bonds is 5. The van der Waals surface area contributed by atoms with Gasteiger partial charge in [-0.05, 0) is 61.8 Å². The van der Waals surface area contributed by atoms with Crippen LogP contribution in [0.5, 0.6) is 0 Å². The maximum atomic E-state index is 12.9. The van der Waals surface area contributed by atoms with Gasteiger partial charge in [-0.2, -0.15) is 0 Å². The van der Waals surface area contributed by atoms with Crippen molar-refractivity contribution in [2.45, 2.75) is 57.0 Å². The lowest BCUT2D eigenvalue weighted by molar-refractivity contribution is -0.123. The Morgan fingerprint density at radius 2 is 1.71 bits per heavy atom. The molecule has 3 N–H and O–H groups in total. The summed E-state index contributed by atoms with van der Waals surface area (Å²) in [6.07, 6.45) is 5.77. The third-order valence-corrected chi connectivity index (χ3v) is 5.45. The Morgan fingerprint density at radius 1 is 1.08 bits per heavy atom. The quantitative estimate of drug-likeness (QED) is 0.815. The molecule has 2 aliphatic carbocycles. The minimum absolute atomic E-state index is 0.0668. The van der Waals surface area contributed by atoms with Gasteiger partial charge in [-0.3, -0.25) is 9.59 Å². The molecule has 0 aliphatic heterocycles. The molecule has 1 amide bonds. The summed E-state index contributed by atoms with van der Waals surface area (Å²) in [7, 11) is 0. The van der Waals surface area contributed by atoms with E-state index in [0.717, 1.165) is 25.7 Å². The van der Waals surface area contributed by atoms with Gasteiger partial charge in [0.15, 0.2) is 5.78 Å². The van der Waals surface area contributed by atoms with E-state index in [-0.39, 0.29) is 42.4 Å². The van der Waals surface area contributed by atoms with E-state index in [1.54, 1.807) is 0 Å². The summed E-state index contributed by atoms with van der Waals surface area (Å²) in [4.78, 5) is 24.3. The van der Waals surface area contributed by atoms with Crippen molar-refractivity contribution in [3.05, 3.63) is 35.6 Å². The fraction of sp³-hybridized carbons (Fsp3) is 0.579. The lowest BCUT2D eigenvalue weighted by atomic mass is 9.67. The number of amides is 1. The molecule has 2 aliphatic rings. The molecule has 2 unspecified atom stereocenters. The molecule has 0 spiro atoms. The topological polar surface area (TPSA) is 72.2 Å². The zero-order valence-corrected chi connectivity index (χ0v) is 13.8. The number of benzene rings is 1. The SMILES string of the molecule is NC1CC2CCCC(C1)C2NC(=O)CCC(=O)c1ccc(F)cc1. The van der Waals surface area contributed by atoms with Crippen molar-refractivity contribution in [3.8, 4) is 0 Å². The second-order valence-corrected chi connectivity index (χ2v) is 7.21. The Bertz CT molecular complexity index is 588. The van der Waals surface area contributed by atoms with Gasteiger partial charge < -0.3 is 11.1 Å². The Hall–Kier alpha value is -1.75. The molecule has 130 valence electrons. The van der Waals surface area contributed by atoms with Crippen LogP contribution in [0.2, 0.25) is 0 Å². The summed E-state index contributed by atoms with van der Waals surface area (Å²) >= 11 is 0. The third-order valence-electron chi connectivity index (χ3n) is 5.45. The minimum Gasteiger partial charge on any atom is -0.353 e. The van der Waals surface area contributed by atoms with Crippen molar-refractivity contribution in [1.82, 2.24) is 5.32 Å². The summed E-state index contributed by atoms with van der Waals surface area (Å²) in [5.74, 6) is 0.388. The average molecular weight is 332 g/mol. The molecule has 2 bridgehead atoms. The Labute approximate surface area is 142 Å². The van der Waals surface area contributed by atoms with E-state index < -0.39 is 0 Å². The number of hydrogen-bond acceptors (Lipinski definition) is 3. The smallest absolute Gasteiger partial charge is 0.220 e. The molecule has 5 heteroatoms. The average Bonchev–Trinajstić information content (AvgIpc) is 2.54. The summed E-state index contributed by atoms with van der Waals surface area (Å²) in [6.45, 7) is 0. The van der Waals surface area contributed by atoms with Crippen LogP contribution in [0.4, 0.5) is 4.39 Å². The summed E-state index contributed by atoms with van der Waals surface area (Å²) in [6, 6.07) is 5.92. The van der Waals surface area contributed by atoms with Crippen LogP contribution < -0.4 is 11.1 Å². The predicted molar refractivity (Wildman–Crippen MR) is 89.9 cm³/mol. The maximum Gasteiger partial charge on any atom is 0.220 e. The van der Waals surface area contributed by atoms with Gasteiger partial charge in [-0.1, -0.05) is 6.42 Å². The number of carbonyl (C=O) groups excluding carboxylic acids is 2. The van der Waals surface area contributed by atoms with E-state index in [1.807, 2.05) is 0 Å². The normalized spacial score (nSPS) is 29.1. The van der Waals surface area contributed by atoms with Crippen molar-refractivity contribution >= 4 is 11.7 Å². The molecule has 2 atom stereocenters. The standard InChI is InChI=1S/C19H25FN2O2/c20-15-6-4-12(5-7-15)17(23)8-9-18(24)22-19-13-2-1-3-14(19)11-16(21)10-13/h4-7,13-14,16,19H,1-3,8-11,21H2,(H,22,24). The van der Waals surface area contributed by atoms with Crippen molar-refractivity contribution in [2.75, 3.05) is 0 Å². The largest absolute Gasteiger partial charge is 0.353 e. The van der Waals surface area contributed by atoms with E-state index >= 15 is 0 Å². The number of nitrogens with two attached hydrogens (primary N) is 1. The molecule has 0 radical (unpaired) electrons. The Kier molecular flexibility index (Phi) is 5.29. The number of fused-ring (bicyclic) bond motifs is 2. The van der Waals surface area contributed by atoms with E-state index in [0.29, 0.717) is 17.4 Å². The van der Waals surface area contributed by atoms with Gasteiger partial charge in [0.1, 0.15) is 5.82 Å². The highest BCUT2D eigenvalue weighted by Crippen LogP contribution is 2.39. The van der Waals surface area contributed by atoms with Gasteiger partial charge in [-0.15, -0.1) is 0 Å². The van der Waals surface area contributed by atoms with Crippen molar-refractivity contribution in [3.63, 3.8) is 0 Å². The molecule has 0 aromatic heterocycles. The van der Waals surface area contributed by atoms with E-state index in [2.05, 4.69) is 5.32 Å². The molecule has 0 heterocycles. The highest BCUT2D eigenvalue weighted by Gasteiger charge is 2.39. The minimum atomic E-state index is -0.369. The third kappa shape index (κ3) is 4.01. The summed E-state index contributed by atoms with van der Waals surface area (Å²) < 4.78 is 12.9. The highest BCUT2D eigenvalue weighted by molar-refractivity contribution is 5.97. The summed E-state index contributed by atoms with van der Waals surface area (Å²) in [5.41, 5.74) is 6.56. The van der Waals surface area contributed by atoms with Crippen molar-refractivity contribution in [1.29, 1.82) is 0 Å². The van der Waals surface area contributed by atoms with Crippen LogP contribution in [0.25, 0.3) is 0 Å². The zero-order valence-electron chi connectivity index (χ0n) is 13.8. The first-order chi connectivity index (χ1) is 11.5. The van der Waals surface area contributed by atoms with Crippen LogP contribution in [-0.2, 0) is 4.79 Å². The molecule has 1 aromatic rings. The number of carbonyl (C=O) groups is 2. The first kappa shape index (κ1) is 17.1. The first-order valence-corrected chi connectivity index (χ1v) is 8.86. The van der Waals surface area contributed by atoms with Gasteiger partial charge in [0.05, 0.1) is 0 Å². The Balaban J connectivity index is 1.50. The van der Waals surface area contributed by atoms with Gasteiger partial charge in [0.25, 0.3) is 0 Å². The number of Topliss-reactive ketones (excluding diaryl/α,β-unsaturated/α-hetero) is 1. The van der Waals surface area contributed by atoms with Gasteiger partial charge >= 0.3 is 0 Å². The molecule has 24 heavy (non-hydrogen) atoms. The maximum absolute atomic E-state index is 12.9. The van der Waals surface area contributed by atoms with Crippen LogP contribution in [0.15, 0.2) is 24.3 Å². The number of halogens is 1. The van der Waals surface area contributed by atoms with Crippen molar-refractivity contribution in [2.24, 2.45) is 17.6 Å². The molecular weight excluding hydrogens is 307 g/mol. The second-order valence-electron chi connectivity index (χ2n) is 7.21. The molecule has 3 rings (SSSR count). The van der Waals surface area contributed by atoms with Crippen molar-refractivity contribution < 1.29 is 14.0 Å². The van der Waals surface area contributed by atoms with Gasteiger partial charge in [-0.25, -0.2) is 4.39 Å². The fourth-order valence-electron chi connectivity index (χ4n) is 4.29. The number of nitrogens with one attached hydrogen (secondary N) is 1. The Morgan fingerprint density at radius 3 is 2.33 bits per heavy atom. The first-order valence-electron chi connectivity index (χ1n) is 8.86. The van der Waals surface area contributed by atoms with Crippen LogP contribution in [0.3, 0.4) is 0 Å². The molecule has 1 aromatic carbocycles. The van der Waals surface area contributed by atoms with Crippen LogP contribution in [0, 0.1) is 17.7 Å². The summed E-state index contributed by atoms with van der Waals surface area (Å²) in [5, 5.41) is 3.15. The number of ketones is 1. The molecule has 2 saturated carbocycles. The lowest BCUT2D eigenvalue weighted by Gasteiger charge is -2.45. The molecule has 4 nitrogen and oxygen atoms in total. The fourth-order valence-corrected chi connectivity index (χ4v) is 4.29. The lowest BCUT2D eigenvalue weighted by Crippen LogP contribution is -2.53. The zero-order chi connectivity index (χ0) is 17.1. The number of hydrogen-bond donors (Lipinski definition) is 2. The molecule has 2 fully saturated rings. The molecule has 0 saturated heterocycles. The van der Waals surface area contributed by atoms with E-state index in [4.69, 9.17) is 5.73 Å². The van der Waals surface area contributed by atoms with Crippen LogP contribution >= 0.6 is 0 Å². The van der Waals surface area contributed by atoms with E-state index in [9.17, 15) is 14.0 Å². The van der Waals surface area contributed by atoms with E-state index in [1.165, 1.54) is 30.7 Å². The predicted octanol–water partition coefficient (Wildman–Crippen LogP) is 2.81. The van der Waals surface area contributed by atoms with Gasteiger partial charge in [0, 0.05) is 30.5 Å². The van der Waals surface area contributed by atoms with Gasteiger partial charge in [0.2, 0.25) is 5.91 Å². The molecular formula is C19H25FN2O2.